The number of benzene rings is 1. The van der Waals surface area contributed by atoms with Crippen molar-refractivity contribution in [1.29, 1.82) is 0 Å². The molecule has 0 bridgehead atoms. The lowest BCUT2D eigenvalue weighted by atomic mass is 10.2. The Kier molecular flexibility index (Phi) is 5.01. The first-order valence-electron chi connectivity index (χ1n) is 7.24. The van der Waals surface area contributed by atoms with Crippen molar-refractivity contribution in [2.75, 3.05) is 29.9 Å². The van der Waals surface area contributed by atoms with Crippen molar-refractivity contribution in [2.45, 2.75) is 33.0 Å². The Hall–Kier alpha value is -1.82. The van der Waals surface area contributed by atoms with Gasteiger partial charge in [-0.1, -0.05) is 0 Å². The van der Waals surface area contributed by atoms with Gasteiger partial charge < -0.3 is 20.3 Å². The Morgan fingerprint density at radius 1 is 1.38 bits per heavy atom. The van der Waals surface area contributed by atoms with Gasteiger partial charge in [-0.05, 0) is 39.0 Å². The van der Waals surface area contributed by atoms with E-state index >= 15 is 0 Å². The number of hydrogen-bond acceptors (Lipinski definition) is 3. The molecule has 0 spiro atoms. The average Bonchev–Trinajstić information content (AvgIpc) is 2.37. The van der Waals surface area contributed by atoms with Crippen molar-refractivity contribution in [3.8, 4) is 0 Å². The van der Waals surface area contributed by atoms with Crippen LogP contribution in [-0.2, 0) is 4.74 Å². The number of urea groups is 1. The molecule has 2 atom stereocenters. The van der Waals surface area contributed by atoms with Crippen LogP contribution in [0, 0.1) is 5.82 Å². The van der Waals surface area contributed by atoms with E-state index in [1.54, 1.807) is 12.1 Å². The van der Waals surface area contributed by atoms with Crippen molar-refractivity contribution >= 4 is 17.4 Å². The SMILES string of the molecule is CCNC(=O)Nc1ccc(N2CC(C)OC(C)C2)c(F)c1. The van der Waals surface area contributed by atoms with Gasteiger partial charge in [0.2, 0.25) is 0 Å². The summed E-state index contributed by atoms with van der Waals surface area (Å²) in [7, 11) is 0. The molecule has 1 aliphatic heterocycles. The van der Waals surface area contributed by atoms with Gasteiger partial charge in [-0.25, -0.2) is 9.18 Å². The second-order valence-electron chi connectivity index (χ2n) is 5.31. The highest BCUT2D eigenvalue weighted by Gasteiger charge is 2.24. The second kappa shape index (κ2) is 6.76. The molecule has 6 heteroatoms. The van der Waals surface area contributed by atoms with Crippen LogP contribution in [0.4, 0.5) is 20.6 Å². The van der Waals surface area contributed by atoms with Crippen LogP contribution in [0.3, 0.4) is 0 Å². The third kappa shape index (κ3) is 4.07. The van der Waals surface area contributed by atoms with Gasteiger partial charge in [-0.3, -0.25) is 0 Å². The highest BCUT2D eigenvalue weighted by molar-refractivity contribution is 5.89. The van der Waals surface area contributed by atoms with Gasteiger partial charge in [-0.15, -0.1) is 0 Å². The fraction of sp³-hybridized carbons (Fsp3) is 0.533. The first kappa shape index (κ1) is 15.6. The van der Waals surface area contributed by atoms with Crippen LogP contribution in [0.15, 0.2) is 18.2 Å². The van der Waals surface area contributed by atoms with Crippen LogP contribution in [0.25, 0.3) is 0 Å². The lowest BCUT2D eigenvalue weighted by Crippen LogP contribution is -2.45. The summed E-state index contributed by atoms with van der Waals surface area (Å²) in [5, 5.41) is 5.20. The lowest BCUT2D eigenvalue weighted by molar-refractivity contribution is -0.00539. The minimum Gasteiger partial charge on any atom is -0.372 e. The first-order chi connectivity index (χ1) is 9.99. The predicted octanol–water partition coefficient (Wildman–Crippen LogP) is 2.58. The molecule has 5 nitrogen and oxygen atoms in total. The van der Waals surface area contributed by atoms with Crippen molar-refractivity contribution in [3.05, 3.63) is 24.0 Å². The highest BCUT2D eigenvalue weighted by atomic mass is 19.1. The van der Waals surface area contributed by atoms with Crippen LogP contribution < -0.4 is 15.5 Å². The van der Waals surface area contributed by atoms with Crippen molar-refractivity contribution in [3.63, 3.8) is 0 Å². The van der Waals surface area contributed by atoms with Crippen LogP contribution in [0.5, 0.6) is 0 Å². The summed E-state index contributed by atoms with van der Waals surface area (Å²) in [5.41, 5.74) is 0.981. The monoisotopic (exact) mass is 295 g/mol. The molecule has 1 heterocycles. The third-order valence-corrected chi connectivity index (χ3v) is 3.30. The number of ether oxygens (including phenoxy) is 1. The normalized spacial score (nSPS) is 22.0. The highest BCUT2D eigenvalue weighted by Crippen LogP contribution is 2.26. The number of nitrogens with zero attached hydrogens (tertiary/aromatic N) is 1. The molecule has 1 aliphatic rings. The number of carbonyl (C=O) groups excluding carboxylic acids is 1. The molecule has 1 aromatic rings. The number of amides is 2. The molecule has 2 unspecified atom stereocenters. The van der Waals surface area contributed by atoms with Crippen molar-refractivity contribution in [2.24, 2.45) is 0 Å². The molecule has 0 saturated carbocycles. The Labute approximate surface area is 124 Å². The van der Waals surface area contributed by atoms with E-state index in [9.17, 15) is 9.18 Å². The van der Waals surface area contributed by atoms with E-state index in [1.807, 2.05) is 25.7 Å². The molecule has 0 radical (unpaired) electrons. The molecule has 116 valence electrons. The summed E-state index contributed by atoms with van der Waals surface area (Å²) in [5.74, 6) is -0.342. The minimum absolute atomic E-state index is 0.0706. The van der Waals surface area contributed by atoms with Crippen molar-refractivity contribution in [1.82, 2.24) is 5.32 Å². The fourth-order valence-corrected chi connectivity index (χ4v) is 2.55. The number of rotatable bonds is 3. The molecule has 21 heavy (non-hydrogen) atoms. The quantitative estimate of drug-likeness (QED) is 0.901. The summed E-state index contributed by atoms with van der Waals surface area (Å²) < 4.78 is 19.9. The standard InChI is InChI=1S/C15H22FN3O2/c1-4-17-15(20)18-12-5-6-14(13(16)7-12)19-8-10(2)21-11(3)9-19/h5-7,10-11H,4,8-9H2,1-3H3,(H2,17,18,20). The lowest BCUT2D eigenvalue weighted by Gasteiger charge is -2.37. The Morgan fingerprint density at radius 3 is 2.62 bits per heavy atom. The van der Waals surface area contributed by atoms with Gasteiger partial charge in [-0.2, -0.15) is 0 Å². The van der Waals surface area contributed by atoms with Crippen LogP contribution >= 0.6 is 0 Å². The van der Waals surface area contributed by atoms with Crippen molar-refractivity contribution < 1.29 is 13.9 Å². The molecule has 2 rings (SSSR count). The molecule has 2 N–H and O–H groups in total. The molecule has 1 fully saturated rings. The maximum absolute atomic E-state index is 14.3. The van der Waals surface area contributed by atoms with Crippen LogP contribution in [0.2, 0.25) is 0 Å². The summed E-state index contributed by atoms with van der Waals surface area (Å²) in [6, 6.07) is 4.41. The van der Waals surface area contributed by atoms with Gasteiger partial charge >= 0.3 is 6.03 Å². The Bertz CT molecular complexity index is 500. The first-order valence-corrected chi connectivity index (χ1v) is 7.24. The van der Waals surface area contributed by atoms with Gasteiger partial charge in [0.25, 0.3) is 0 Å². The molecule has 1 saturated heterocycles. The Balaban J connectivity index is 2.10. The molecule has 0 aromatic heterocycles. The van der Waals surface area contributed by atoms with Crippen LogP contribution in [0.1, 0.15) is 20.8 Å². The van der Waals surface area contributed by atoms with E-state index in [0.29, 0.717) is 31.0 Å². The summed E-state index contributed by atoms with van der Waals surface area (Å²) >= 11 is 0. The van der Waals surface area contributed by atoms with E-state index in [-0.39, 0.29) is 24.1 Å². The zero-order valence-corrected chi connectivity index (χ0v) is 12.6. The van der Waals surface area contributed by atoms with E-state index in [0.717, 1.165) is 0 Å². The van der Waals surface area contributed by atoms with E-state index in [2.05, 4.69) is 10.6 Å². The summed E-state index contributed by atoms with van der Waals surface area (Å²) in [6.07, 6.45) is 0.141. The Morgan fingerprint density at radius 2 is 2.05 bits per heavy atom. The second-order valence-corrected chi connectivity index (χ2v) is 5.31. The summed E-state index contributed by atoms with van der Waals surface area (Å²) in [6.45, 7) is 7.62. The van der Waals surface area contributed by atoms with E-state index < -0.39 is 0 Å². The zero-order chi connectivity index (χ0) is 15.4. The number of morpholine rings is 1. The predicted molar refractivity (Wildman–Crippen MR) is 81.3 cm³/mol. The summed E-state index contributed by atoms with van der Waals surface area (Å²) in [4.78, 5) is 13.4. The zero-order valence-electron chi connectivity index (χ0n) is 12.6. The number of halogens is 1. The number of hydrogen-bond donors (Lipinski definition) is 2. The minimum atomic E-state index is -0.342. The fourth-order valence-electron chi connectivity index (χ4n) is 2.55. The van der Waals surface area contributed by atoms with Gasteiger partial charge in [0.1, 0.15) is 5.82 Å². The molecular formula is C15H22FN3O2. The van der Waals surface area contributed by atoms with Gasteiger partial charge in [0.05, 0.1) is 17.9 Å². The van der Waals surface area contributed by atoms with Crippen LogP contribution in [-0.4, -0.2) is 37.9 Å². The number of carbonyl (C=O) groups is 1. The van der Waals surface area contributed by atoms with Gasteiger partial charge in [0.15, 0.2) is 0 Å². The maximum Gasteiger partial charge on any atom is 0.319 e. The third-order valence-electron chi connectivity index (χ3n) is 3.30. The smallest absolute Gasteiger partial charge is 0.319 e. The van der Waals surface area contributed by atoms with E-state index in [4.69, 9.17) is 4.74 Å². The molecule has 1 aromatic carbocycles. The topological polar surface area (TPSA) is 53.6 Å². The average molecular weight is 295 g/mol. The number of anilines is 2. The number of nitrogens with one attached hydrogen (secondary N) is 2. The molecule has 2 amide bonds. The largest absolute Gasteiger partial charge is 0.372 e. The molecule has 0 aliphatic carbocycles. The van der Waals surface area contributed by atoms with E-state index in [1.165, 1.54) is 6.07 Å². The maximum atomic E-state index is 14.3. The molecular weight excluding hydrogens is 273 g/mol. The van der Waals surface area contributed by atoms with Gasteiger partial charge in [0, 0.05) is 25.3 Å².